The van der Waals surface area contributed by atoms with Crippen LogP contribution in [0, 0.1) is 26.6 Å². The number of rotatable bonds is 4. The molecule has 0 fully saturated rings. The van der Waals surface area contributed by atoms with Gasteiger partial charge in [-0.05, 0) is 69.0 Å². The molecule has 0 bridgehead atoms. The maximum atomic E-state index is 13.3. The van der Waals surface area contributed by atoms with Crippen LogP contribution in [0.25, 0.3) is 0 Å². The van der Waals surface area contributed by atoms with Gasteiger partial charge in [-0.15, -0.1) is 0 Å². The second-order valence-electron chi connectivity index (χ2n) is 5.98. The molecule has 0 aliphatic heterocycles. The first-order chi connectivity index (χ1) is 9.88. The van der Waals surface area contributed by atoms with Gasteiger partial charge < -0.3 is 5.32 Å². The summed E-state index contributed by atoms with van der Waals surface area (Å²) in [5.41, 5.74) is 6.21. The lowest BCUT2D eigenvalue weighted by Crippen LogP contribution is -2.24. The topological polar surface area (TPSA) is 12.0 Å². The van der Waals surface area contributed by atoms with E-state index in [4.69, 9.17) is 0 Å². The van der Waals surface area contributed by atoms with Crippen LogP contribution in [-0.4, -0.2) is 0 Å². The Morgan fingerprint density at radius 1 is 0.905 bits per heavy atom. The minimum absolute atomic E-state index is 0.107. The van der Waals surface area contributed by atoms with Crippen molar-refractivity contribution < 1.29 is 4.39 Å². The van der Waals surface area contributed by atoms with Gasteiger partial charge in [-0.3, -0.25) is 0 Å². The van der Waals surface area contributed by atoms with Crippen LogP contribution in [0.15, 0.2) is 36.4 Å². The Labute approximate surface area is 127 Å². The largest absolute Gasteiger partial charge is 0.304 e. The molecule has 2 atom stereocenters. The molecule has 0 aromatic heterocycles. The van der Waals surface area contributed by atoms with Crippen molar-refractivity contribution in [3.8, 4) is 0 Å². The average molecular weight is 285 g/mol. The second-order valence-corrected chi connectivity index (χ2v) is 5.98. The highest BCUT2D eigenvalue weighted by Gasteiger charge is 2.15. The summed E-state index contributed by atoms with van der Waals surface area (Å²) in [5, 5.41) is 3.57. The average Bonchev–Trinajstić information content (AvgIpc) is 2.37. The van der Waals surface area contributed by atoms with E-state index in [1.807, 2.05) is 6.07 Å². The third-order valence-electron chi connectivity index (χ3n) is 4.02. The molecule has 0 aliphatic rings. The monoisotopic (exact) mass is 285 g/mol. The lowest BCUT2D eigenvalue weighted by Gasteiger charge is -2.24. The first-order valence-corrected chi connectivity index (χ1v) is 7.47. The van der Waals surface area contributed by atoms with E-state index >= 15 is 0 Å². The minimum Gasteiger partial charge on any atom is -0.304 e. The summed E-state index contributed by atoms with van der Waals surface area (Å²) in [6.45, 7) is 10.7. The smallest absolute Gasteiger partial charge is 0.123 e. The van der Waals surface area contributed by atoms with Gasteiger partial charge in [0, 0.05) is 12.1 Å². The third-order valence-corrected chi connectivity index (χ3v) is 4.02. The third kappa shape index (κ3) is 3.70. The second kappa shape index (κ2) is 6.40. The normalized spacial score (nSPS) is 14.0. The van der Waals surface area contributed by atoms with Gasteiger partial charge in [0.25, 0.3) is 0 Å². The summed E-state index contributed by atoms with van der Waals surface area (Å²) >= 11 is 0. The molecule has 0 saturated carbocycles. The van der Waals surface area contributed by atoms with Crippen molar-refractivity contribution in [1.82, 2.24) is 5.32 Å². The molecule has 0 aliphatic carbocycles. The van der Waals surface area contributed by atoms with Gasteiger partial charge in [-0.2, -0.15) is 0 Å². The predicted molar refractivity (Wildman–Crippen MR) is 87.0 cm³/mol. The van der Waals surface area contributed by atoms with Crippen molar-refractivity contribution in [1.29, 1.82) is 0 Å². The van der Waals surface area contributed by atoms with Crippen molar-refractivity contribution in [2.45, 2.75) is 46.7 Å². The van der Waals surface area contributed by atoms with Gasteiger partial charge in [0.05, 0.1) is 0 Å². The predicted octanol–water partition coefficient (Wildman–Crippen LogP) is 5.16. The van der Waals surface area contributed by atoms with Crippen molar-refractivity contribution in [2.24, 2.45) is 0 Å². The van der Waals surface area contributed by atoms with E-state index < -0.39 is 0 Å². The van der Waals surface area contributed by atoms with E-state index in [-0.39, 0.29) is 17.9 Å². The molecule has 112 valence electrons. The Kier molecular flexibility index (Phi) is 4.79. The maximum absolute atomic E-state index is 13.3. The van der Waals surface area contributed by atoms with Gasteiger partial charge in [0.1, 0.15) is 5.82 Å². The number of halogens is 1. The van der Waals surface area contributed by atoms with E-state index in [2.05, 4.69) is 52.1 Å². The Morgan fingerprint density at radius 2 is 1.52 bits per heavy atom. The van der Waals surface area contributed by atoms with Gasteiger partial charge >= 0.3 is 0 Å². The molecule has 0 heterocycles. The minimum atomic E-state index is -0.184. The lowest BCUT2D eigenvalue weighted by atomic mass is 9.94. The van der Waals surface area contributed by atoms with Gasteiger partial charge in [0.2, 0.25) is 0 Å². The number of hydrogen-bond acceptors (Lipinski definition) is 1. The SMILES string of the molecule is Cc1cc(C)c(C(C)N[C@@H](C)c2cccc(F)c2)c(C)c1. The molecule has 0 amide bonds. The zero-order valence-corrected chi connectivity index (χ0v) is 13.5. The van der Waals surface area contributed by atoms with E-state index in [0.717, 1.165) is 5.56 Å². The van der Waals surface area contributed by atoms with Gasteiger partial charge in [-0.25, -0.2) is 4.39 Å². The van der Waals surface area contributed by atoms with E-state index in [0.29, 0.717) is 0 Å². The van der Waals surface area contributed by atoms with Crippen LogP contribution < -0.4 is 5.32 Å². The number of hydrogen-bond donors (Lipinski definition) is 1. The fourth-order valence-electron chi connectivity index (χ4n) is 3.20. The molecule has 1 unspecified atom stereocenters. The Morgan fingerprint density at radius 3 is 2.10 bits per heavy atom. The standard InChI is InChI=1S/C19H24FN/c1-12-9-13(2)19(14(3)10-12)16(5)21-15(4)17-7-6-8-18(20)11-17/h6-11,15-16,21H,1-5H3/t15-,16?/m0/s1. The summed E-state index contributed by atoms with van der Waals surface area (Å²) in [7, 11) is 0. The van der Waals surface area contributed by atoms with Crippen LogP contribution in [0.4, 0.5) is 4.39 Å². The Bertz CT molecular complexity index is 610. The zero-order valence-electron chi connectivity index (χ0n) is 13.5. The van der Waals surface area contributed by atoms with E-state index in [1.165, 1.54) is 28.3 Å². The summed E-state index contributed by atoms with van der Waals surface area (Å²) in [4.78, 5) is 0. The quantitative estimate of drug-likeness (QED) is 0.818. The number of benzene rings is 2. The van der Waals surface area contributed by atoms with Crippen LogP contribution in [0.5, 0.6) is 0 Å². The van der Waals surface area contributed by atoms with Gasteiger partial charge in [-0.1, -0.05) is 29.8 Å². The Hall–Kier alpha value is -1.67. The van der Waals surface area contributed by atoms with Gasteiger partial charge in [0.15, 0.2) is 0 Å². The van der Waals surface area contributed by atoms with Crippen molar-refractivity contribution in [2.75, 3.05) is 0 Å². The summed E-state index contributed by atoms with van der Waals surface area (Å²) in [6, 6.07) is 11.6. The fraction of sp³-hybridized carbons (Fsp3) is 0.368. The van der Waals surface area contributed by atoms with Crippen LogP contribution >= 0.6 is 0 Å². The molecule has 2 aromatic carbocycles. The van der Waals surface area contributed by atoms with Crippen LogP contribution in [0.1, 0.15) is 53.7 Å². The van der Waals surface area contributed by atoms with Crippen LogP contribution in [0.2, 0.25) is 0 Å². The van der Waals surface area contributed by atoms with E-state index in [9.17, 15) is 4.39 Å². The fourth-order valence-corrected chi connectivity index (χ4v) is 3.20. The molecule has 2 rings (SSSR count). The molecule has 0 radical (unpaired) electrons. The first-order valence-electron chi connectivity index (χ1n) is 7.47. The molecule has 1 N–H and O–H groups in total. The molecule has 2 heteroatoms. The molecule has 21 heavy (non-hydrogen) atoms. The van der Waals surface area contributed by atoms with Crippen molar-refractivity contribution in [3.63, 3.8) is 0 Å². The molecule has 1 nitrogen and oxygen atoms in total. The van der Waals surface area contributed by atoms with Crippen molar-refractivity contribution in [3.05, 3.63) is 70.0 Å². The highest BCUT2D eigenvalue weighted by molar-refractivity contribution is 5.39. The highest BCUT2D eigenvalue weighted by Crippen LogP contribution is 2.26. The maximum Gasteiger partial charge on any atom is 0.123 e. The van der Waals surface area contributed by atoms with Crippen LogP contribution in [0.3, 0.4) is 0 Å². The summed E-state index contributed by atoms with van der Waals surface area (Å²) in [5.74, 6) is -0.184. The summed E-state index contributed by atoms with van der Waals surface area (Å²) in [6.07, 6.45) is 0. The van der Waals surface area contributed by atoms with Crippen molar-refractivity contribution >= 4 is 0 Å². The molecule has 0 spiro atoms. The zero-order chi connectivity index (χ0) is 15.6. The Balaban J connectivity index is 2.20. The molecule has 0 saturated heterocycles. The highest BCUT2D eigenvalue weighted by atomic mass is 19.1. The van der Waals surface area contributed by atoms with E-state index in [1.54, 1.807) is 12.1 Å². The lowest BCUT2D eigenvalue weighted by molar-refractivity contribution is 0.489. The van der Waals surface area contributed by atoms with Crippen LogP contribution in [-0.2, 0) is 0 Å². The molecular formula is C19H24FN. The first kappa shape index (κ1) is 15.7. The number of aryl methyl sites for hydroxylation is 3. The number of nitrogens with one attached hydrogen (secondary N) is 1. The summed E-state index contributed by atoms with van der Waals surface area (Å²) < 4.78 is 13.3. The molecule has 2 aromatic rings. The molecular weight excluding hydrogens is 261 g/mol.